The molecule has 3 rings (SSSR count). The van der Waals surface area contributed by atoms with Gasteiger partial charge in [0.15, 0.2) is 0 Å². The van der Waals surface area contributed by atoms with Crippen LogP contribution in [0, 0.1) is 0 Å². The average Bonchev–Trinajstić information content (AvgIpc) is 3.27. The summed E-state index contributed by atoms with van der Waals surface area (Å²) < 4.78 is 42.4. The van der Waals surface area contributed by atoms with Crippen LogP contribution in [-0.2, 0) is 14.8 Å². The minimum Gasteiger partial charge on any atom is -0.495 e. The predicted molar refractivity (Wildman–Crippen MR) is 124 cm³/mol. The van der Waals surface area contributed by atoms with E-state index in [-0.39, 0.29) is 27.4 Å². The van der Waals surface area contributed by atoms with Gasteiger partial charge in [-0.3, -0.25) is 4.79 Å². The summed E-state index contributed by atoms with van der Waals surface area (Å²) in [5, 5.41) is 10.9. The SMILES string of the molecule is CCOc1ccccc1-c1nnc(SCC(=O)Nc2cc(S(=O)(=O)N(C)C)ccc2OC)o1. The van der Waals surface area contributed by atoms with E-state index in [1.54, 1.807) is 12.1 Å². The lowest BCUT2D eigenvalue weighted by Crippen LogP contribution is -2.22. The Labute approximate surface area is 196 Å². The Bertz CT molecular complexity index is 1230. The van der Waals surface area contributed by atoms with Crippen LogP contribution in [0.3, 0.4) is 0 Å². The van der Waals surface area contributed by atoms with Crippen molar-refractivity contribution in [1.29, 1.82) is 0 Å². The van der Waals surface area contributed by atoms with Crippen LogP contribution in [-0.4, -0.2) is 62.4 Å². The van der Waals surface area contributed by atoms with Gasteiger partial charge in [-0.1, -0.05) is 23.9 Å². The minimum absolute atomic E-state index is 0.0331. The fourth-order valence-corrected chi connectivity index (χ4v) is 4.26. The third kappa shape index (κ3) is 5.83. The van der Waals surface area contributed by atoms with Crippen molar-refractivity contribution in [3.63, 3.8) is 0 Å². The number of para-hydroxylation sites is 1. The summed E-state index contributed by atoms with van der Waals surface area (Å²) in [5.74, 6) is 0.802. The number of ether oxygens (including phenoxy) is 2. The van der Waals surface area contributed by atoms with E-state index in [1.807, 2.05) is 19.1 Å². The number of carbonyl (C=O) groups excluding carboxylic acids is 1. The van der Waals surface area contributed by atoms with Gasteiger partial charge in [-0.2, -0.15) is 0 Å². The lowest BCUT2D eigenvalue weighted by atomic mass is 10.2. The van der Waals surface area contributed by atoms with Gasteiger partial charge in [0.05, 0.1) is 35.6 Å². The number of carbonyl (C=O) groups is 1. The molecule has 10 nitrogen and oxygen atoms in total. The van der Waals surface area contributed by atoms with E-state index in [4.69, 9.17) is 13.9 Å². The van der Waals surface area contributed by atoms with Gasteiger partial charge in [-0.15, -0.1) is 10.2 Å². The first-order chi connectivity index (χ1) is 15.8. The van der Waals surface area contributed by atoms with Gasteiger partial charge >= 0.3 is 0 Å². The Morgan fingerprint density at radius 2 is 1.91 bits per heavy atom. The molecule has 0 atom stereocenters. The van der Waals surface area contributed by atoms with Crippen LogP contribution in [0.5, 0.6) is 11.5 Å². The number of anilines is 1. The Morgan fingerprint density at radius 1 is 1.15 bits per heavy atom. The standard InChI is InChI=1S/C21H24N4O6S2/c1-5-30-17-9-7-6-8-15(17)20-23-24-21(31-20)32-13-19(26)22-16-12-14(10-11-18(16)29-4)33(27,28)25(2)3/h6-12H,5,13H2,1-4H3,(H,22,26). The maximum absolute atomic E-state index is 12.5. The molecule has 0 radical (unpaired) electrons. The highest BCUT2D eigenvalue weighted by Crippen LogP contribution is 2.31. The largest absolute Gasteiger partial charge is 0.495 e. The van der Waals surface area contributed by atoms with E-state index < -0.39 is 15.9 Å². The highest BCUT2D eigenvalue weighted by atomic mass is 32.2. The molecule has 176 valence electrons. The maximum atomic E-state index is 12.5. The lowest BCUT2D eigenvalue weighted by molar-refractivity contribution is -0.113. The number of hydrogen-bond acceptors (Lipinski definition) is 9. The van der Waals surface area contributed by atoms with Crippen LogP contribution in [0.4, 0.5) is 5.69 Å². The molecule has 1 aromatic heterocycles. The second-order valence-electron chi connectivity index (χ2n) is 6.79. The fraction of sp³-hybridized carbons (Fsp3) is 0.286. The molecule has 0 aliphatic heterocycles. The smallest absolute Gasteiger partial charge is 0.277 e. The average molecular weight is 493 g/mol. The molecule has 0 saturated carbocycles. The van der Waals surface area contributed by atoms with Crippen molar-refractivity contribution in [1.82, 2.24) is 14.5 Å². The number of sulfonamides is 1. The second kappa shape index (κ2) is 10.7. The summed E-state index contributed by atoms with van der Waals surface area (Å²) in [6.45, 7) is 2.37. The zero-order chi connectivity index (χ0) is 24.0. The van der Waals surface area contributed by atoms with E-state index in [1.165, 1.54) is 39.4 Å². The molecule has 1 heterocycles. The second-order valence-corrected chi connectivity index (χ2v) is 9.87. The van der Waals surface area contributed by atoms with Gasteiger partial charge < -0.3 is 19.2 Å². The van der Waals surface area contributed by atoms with Gasteiger partial charge in [0.25, 0.3) is 11.1 Å². The highest BCUT2D eigenvalue weighted by molar-refractivity contribution is 7.99. The Kier molecular flexibility index (Phi) is 7.95. The van der Waals surface area contributed by atoms with Crippen molar-refractivity contribution in [2.45, 2.75) is 17.0 Å². The van der Waals surface area contributed by atoms with E-state index in [2.05, 4.69) is 15.5 Å². The monoisotopic (exact) mass is 492 g/mol. The molecular formula is C21H24N4O6S2. The van der Waals surface area contributed by atoms with Crippen molar-refractivity contribution in [2.75, 3.05) is 38.9 Å². The molecule has 0 bridgehead atoms. The van der Waals surface area contributed by atoms with Crippen molar-refractivity contribution in [3.8, 4) is 23.0 Å². The molecule has 12 heteroatoms. The van der Waals surface area contributed by atoms with Gasteiger partial charge in [0.2, 0.25) is 15.9 Å². The molecule has 3 aromatic rings. The predicted octanol–water partition coefficient (Wildman–Crippen LogP) is 3.13. The highest BCUT2D eigenvalue weighted by Gasteiger charge is 2.20. The van der Waals surface area contributed by atoms with Crippen LogP contribution in [0.25, 0.3) is 11.5 Å². The molecule has 1 amide bonds. The minimum atomic E-state index is -3.67. The van der Waals surface area contributed by atoms with Gasteiger partial charge in [0.1, 0.15) is 11.5 Å². The zero-order valence-electron chi connectivity index (χ0n) is 18.6. The number of aromatic nitrogens is 2. The number of rotatable bonds is 10. The van der Waals surface area contributed by atoms with Crippen molar-refractivity contribution in [3.05, 3.63) is 42.5 Å². The first-order valence-electron chi connectivity index (χ1n) is 9.85. The maximum Gasteiger partial charge on any atom is 0.277 e. The molecule has 33 heavy (non-hydrogen) atoms. The third-order valence-corrected chi connectivity index (χ3v) is 7.00. The zero-order valence-corrected chi connectivity index (χ0v) is 20.2. The summed E-state index contributed by atoms with van der Waals surface area (Å²) in [4.78, 5) is 12.5. The Hall–Kier alpha value is -3.09. The van der Waals surface area contributed by atoms with Crippen LogP contribution in [0.15, 0.2) is 57.0 Å². The first kappa shape index (κ1) is 24.6. The van der Waals surface area contributed by atoms with Gasteiger partial charge in [-0.25, -0.2) is 12.7 Å². The molecule has 0 unspecified atom stereocenters. The van der Waals surface area contributed by atoms with E-state index in [0.717, 1.165) is 16.1 Å². The number of thioether (sulfide) groups is 1. The van der Waals surface area contributed by atoms with E-state index in [9.17, 15) is 13.2 Å². The molecule has 0 aliphatic rings. The molecule has 0 fully saturated rings. The summed E-state index contributed by atoms with van der Waals surface area (Å²) in [5.41, 5.74) is 0.898. The fourth-order valence-electron chi connectivity index (χ4n) is 2.77. The first-order valence-corrected chi connectivity index (χ1v) is 12.3. The lowest BCUT2D eigenvalue weighted by Gasteiger charge is -2.15. The summed E-state index contributed by atoms with van der Waals surface area (Å²) >= 11 is 1.05. The Balaban J connectivity index is 1.70. The number of nitrogens with zero attached hydrogens (tertiary/aromatic N) is 3. The summed E-state index contributed by atoms with van der Waals surface area (Å²) in [7, 11) is 0.622. The normalized spacial score (nSPS) is 11.4. The number of hydrogen-bond donors (Lipinski definition) is 1. The summed E-state index contributed by atoms with van der Waals surface area (Å²) in [6, 6.07) is 11.5. The molecule has 1 N–H and O–H groups in total. The summed E-state index contributed by atoms with van der Waals surface area (Å²) in [6.07, 6.45) is 0. The number of methoxy groups -OCH3 is 1. The van der Waals surface area contributed by atoms with Crippen molar-refractivity contribution in [2.24, 2.45) is 0 Å². The van der Waals surface area contributed by atoms with Gasteiger partial charge in [-0.05, 0) is 37.3 Å². The molecule has 0 aliphatic carbocycles. The number of benzene rings is 2. The van der Waals surface area contributed by atoms with Crippen LogP contribution in [0.2, 0.25) is 0 Å². The Morgan fingerprint density at radius 3 is 2.61 bits per heavy atom. The molecular weight excluding hydrogens is 468 g/mol. The van der Waals surface area contributed by atoms with Gasteiger partial charge in [0, 0.05) is 14.1 Å². The van der Waals surface area contributed by atoms with Crippen LogP contribution in [0.1, 0.15) is 6.92 Å². The van der Waals surface area contributed by atoms with Crippen LogP contribution >= 0.6 is 11.8 Å². The van der Waals surface area contributed by atoms with Crippen molar-refractivity contribution >= 4 is 33.4 Å². The van der Waals surface area contributed by atoms with E-state index in [0.29, 0.717) is 23.7 Å². The number of amides is 1. The third-order valence-electron chi connectivity index (χ3n) is 4.37. The number of nitrogens with one attached hydrogen (secondary N) is 1. The van der Waals surface area contributed by atoms with E-state index >= 15 is 0 Å². The molecule has 2 aromatic carbocycles. The molecule has 0 saturated heterocycles. The van der Waals surface area contributed by atoms with Crippen molar-refractivity contribution < 1.29 is 27.1 Å². The quantitative estimate of drug-likeness (QED) is 0.425. The topological polar surface area (TPSA) is 124 Å². The molecule has 0 spiro atoms. The van der Waals surface area contributed by atoms with Crippen LogP contribution < -0.4 is 14.8 Å².